The highest BCUT2D eigenvalue weighted by Gasteiger charge is 2.23. The number of aromatic nitrogens is 2. The summed E-state index contributed by atoms with van der Waals surface area (Å²) in [6, 6.07) is 3.62. The molecule has 0 aliphatic rings. The van der Waals surface area contributed by atoms with Crippen molar-refractivity contribution in [2.75, 3.05) is 7.11 Å². The van der Waals surface area contributed by atoms with Crippen LogP contribution in [0, 0.1) is 6.92 Å². The van der Waals surface area contributed by atoms with E-state index in [1.807, 2.05) is 23.7 Å². The van der Waals surface area contributed by atoms with Gasteiger partial charge in [0, 0.05) is 6.04 Å². The normalized spacial score (nSPS) is 13.0. The monoisotopic (exact) mass is 249 g/mol. The molecule has 0 saturated carbocycles. The molecule has 0 aliphatic carbocycles. The SMILES string of the molecule is COc1cnn(C(C)C)c1C(N)c1ccc(C)o1. The number of nitrogens with two attached hydrogens (primary N) is 1. The first-order chi connectivity index (χ1) is 8.54. The number of methoxy groups -OCH3 is 1. The van der Waals surface area contributed by atoms with Crippen LogP contribution in [0.4, 0.5) is 0 Å². The lowest BCUT2D eigenvalue weighted by Crippen LogP contribution is -2.19. The van der Waals surface area contributed by atoms with Crippen molar-refractivity contribution in [3.05, 3.63) is 35.5 Å². The molecule has 18 heavy (non-hydrogen) atoms. The summed E-state index contributed by atoms with van der Waals surface area (Å²) in [6.07, 6.45) is 1.69. The molecule has 0 spiro atoms. The molecule has 0 fully saturated rings. The minimum absolute atomic E-state index is 0.214. The molecule has 0 aliphatic heterocycles. The van der Waals surface area contributed by atoms with Crippen molar-refractivity contribution in [2.45, 2.75) is 32.9 Å². The van der Waals surface area contributed by atoms with E-state index in [-0.39, 0.29) is 12.1 Å². The van der Waals surface area contributed by atoms with Crippen molar-refractivity contribution >= 4 is 0 Å². The molecule has 1 atom stereocenters. The molecule has 0 bridgehead atoms. The van der Waals surface area contributed by atoms with Gasteiger partial charge in [-0.25, -0.2) is 0 Å². The number of ether oxygens (including phenoxy) is 1. The van der Waals surface area contributed by atoms with Gasteiger partial charge in [-0.1, -0.05) is 0 Å². The zero-order valence-corrected chi connectivity index (χ0v) is 11.2. The van der Waals surface area contributed by atoms with Gasteiger partial charge in [-0.15, -0.1) is 0 Å². The Balaban J connectivity index is 2.45. The van der Waals surface area contributed by atoms with Gasteiger partial charge in [0.2, 0.25) is 0 Å². The van der Waals surface area contributed by atoms with E-state index in [2.05, 4.69) is 18.9 Å². The molecule has 0 saturated heterocycles. The minimum atomic E-state index is -0.376. The Hall–Kier alpha value is -1.75. The van der Waals surface area contributed by atoms with Gasteiger partial charge < -0.3 is 14.9 Å². The number of hydrogen-bond donors (Lipinski definition) is 1. The quantitative estimate of drug-likeness (QED) is 0.903. The van der Waals surface area contributed by atoms with E-state index in [1.54, 1.807) is 13.3 Å². The molecular formula is C13H19N3O2. The van der Waals surface area contributed by atoms with Gasteiger partial charge in [-0.05, 0) is 32.9 Å². The van der Waals surface area contributed by atoms with Gasteiger partial charge in [0.15, 0.2) is 5.75 Å². The van der Waals surface area contributed by atoms with E-state index in [4.69, 9.17) is 14.9 Å². The van der Waals surface area contributed by atoms with Gasteiger partial charge in [0.1, 0.15) is 23.3 Å². The predicted octanol–water partition coefficient (Wildman–Crippen LogP) is 2.42. The summed E-state index contributed by atoms with van der Waals surface area (Å²) in [5.74, 6) is 2.24. The highest BCUT2D eigenvalue weighted by atomic mass is 16.5. The van der Waals surface area contributed by atoms with Crippen LogP contribution >= 0.6 is 0 Å². The van der Waals surface area contributed by atoms with Crippen LogP contribution in [-0.2, 0) is 0 Å². The van der Waals surface area contributed by atoms with E-state index < -0.39 is 0 Å². The van der Waals surface area contributed by atoms with Crippen LogP contribution in [0.5, 0.6) is 5.75 Å². The van der Waals surface area contributed by atoms with Gasteiger partial charge in [-0.3, -0.25) is 4.68 Å². The topological polar surface area (TPSA) is 66.2 Å². The Morgan fingerprint density at radius 2 is 2.11 bits per heavy atom. The molecule has 2 rings (SSSR count). The molecule has 0 amide bonds. The lowest BCUT2D eigenvalue weighted by Gasteiger charge is -2.16. The van der Waals surface area contributed by atoms with Crippen LogP contribution in [0.25, 0.3) is 0 Å². The molecule has 5 nitrogen and oxygen atoms in total. The van der Waals surface area contributed by atoms with E-state index in [0.717, 1.165) is 11.5 Å². The van der Waals surface area contributed by atoms with Crippen molar-refractivity contribution < 1.29 is 9.15 Å². The molecule has 2 aromatic rings. The Morgan fingerprint density at radius 3 is 2.61 bits per heavy atom. The molecule has 1 unspecified atom stereocenters. The molecule has 0 aromatic carbocycles. The summed E-state index contributed by atoms with van der Waals surface area (Å²) in [7, 11) is 1.62. The highest BCUT2D eigenvalue weighted by molar-refractivity contribution is 5.33. The second kappa shape index (κ2) is 4.86. The summed E-state index contributed by atoms with van der Waals surface area (Å²) >= 11 is 0. The Bertz CT molecular complexity index is 528. The van der Waals surface area contributed by atoms with E-state index >= 15 is 0 Å². The summed E-state index contributed by atoms with van der Waals surface area (Å²) in [6.45, 7) is 6.00. The van der Waals surface area contributed by atoms with Crippen LogP contribution in [0.2, 0.25) is 0 Å². The zero-order chi connectivity index (χ0) is 13.3. The standard InChI is InChI=1S/C13H19N3O2/c1-8(2)16-13(11(17-4)7-15-16)12(14)10-6-5-9(3)18-10/h5-8,12H,14H2,1-4H3. The smallest absolute Gasteiger partial charge is 0.162 e. The Labute approximate surface area is 107 Å². The fourth-order valence-corrected chi connectivity index (χ4v) is 1.98. The maximum Gasteiger partial charge on any atom is 0.162 e. The number of furan rings is 1. The maximum atomic E-state index is 6.25. The van der Waals surface area contributed by atoms with E-state index in [1.165, 1.54) is 0 Å². The summed E-state index contributed by atoms with van der Waals surface area (Å²) in [5, 5.41) is 4.31. The first kappa shape index (κ1) is 12.7. The van der Waals surface area contributed by atoms with Crippen molar-refractivity contribution in [1.29, 1.82) is 0 Å². The number of rotatable bonds is 4. The first-order valence-electron chi connectivity index (χ1n) is 5.98. The number of hydrogen-bond acceptors (Lipinski definition) is 4. The molecule has 98 valence electrons. The number of nitrogens with zero attached hydrogens (tertiary/aromatic N) is 2. The third kappa shape index (κ3) is 2.13. The van der Waals surface area contributed by atoms with E-state index in [0.29, 0.717) is 11.5 Å². The van der Waals surface area contributed by atoms with Crippen molar-refractivity contribution in [3.8, 4) is 5.75 Å². The van der Waals surface area contributed by atoms with Gasteiger partial charge in [-0.2, -0.15) is 5.10 Å². The lowest BCUT2D eigenvalue weighted by molar-refractivity contribution is 0.390. The first-order valence-corrected chi connectivity index (χ1v) is 5.98. The van der Waals surface area contributed by atoms with Crippen LogP contribution < -0.4 is 10.5 Å². The van der Waals surface area contributed by atoms with Gasteiger partial charge in [0.25, 0.3) is 0 Å². The Kier molecular flexibility index (Phi) is 3.43. The second-order valence-corrected chi connectivity index (χ2v) is 4.56. The van der Waals surface area contributed by atoms with Gasteiger partial charge in [0.05, 0.1) is 13.3 Å². The number of aryl methyl sites for hydroxylation is 1. The maximum absolute atomic E-state index is 6.25. The fraction of sp³-hybridized carbons (Fsp3) is 0.462. The van der Waals surface area contributed by atoms with Crippen LogP contribution in [0.3, 0.4) is 0 Å². The third-order valence-corrected chi connectivity index (χ3v) is 2.87. The molecule has 2 aromatic heterocycles. The van der Waals surface area contributed by atoms with Crippen molar-refractivity contribution in [2.24, 2.45) is 5.73 Å². The average molecular weight is 249 g/mol. The predicted molar refractivity (Wildman–Crippen MR) is 68.6 cm³/mol. The van der Waals surface area contributed by atoms with Gasteiger partial charge >= 0.3 is 0 Å². The van der Waals surface area contributed by atoms with Crippen molar-refractivity contribution in [3.63, 3.8) is 0 Å². The van der Waals surface area contributed by atoms with Crippen LogP contribution in [-0.4, -0.2) is 16.9 Å². The van der Waals surface area contributed by atoms with Crippen LogP contribution in [0.1, 0.15) is 43.1 Å². The molecular weight excluding hydrogens is 230 g/mol. The zero-order valence-electron chi connectivity index (χ0n) is 11.2. The molecule has 2 N–H and O–H groups in total. The largest absolute Gasteiger partial charge is 0.493 e. The lowest BCUT2D eigenvalue weighted by atomic mass is 10.1. The minimum Gasteiger partial charge on any atom is -0.493 e. The molecule has 5 heteroatoms. The Morgan fingerprint density at radius 1 is 1.39 bits per heavy atom. The van der Waals surface area contributed by atoms with Crippen molar-refractivity contribution in [1.82, 2.24) is 9.78 Å². The average Bonchev–Trinajstić information content (AvgIpc) is 2.93. The van der Waals surface area contributed by atoms with E-state index in [9.17, 15) is 0 Å². The molecule has 0 radical (unpaired) electrons. The fourth-order valence-electron chi connectivity index (χ4n) is 1.98. The van der Waals surface area contributed by atoms with Crippen LogP contribution in [0.15, 0.2) is 22.7 Å². The summed E-state index contributed by atoms with van der Waals surface area (Å²) in [5.41, 5.74) is 7.09. The second-order valence-electron chi connectivity index (χ2n) is 4.56. The highest BCUT2D eigenvalue weighted by Crippen LogP contribution is 2.30. The summed E-state index contributed by atoms with van der Waals surface area (Å²) in [4.78, 5) is 0. The molecule has 2 heterocycles. The third-order valence-electron chi connectivity index (χ3n) is 2.87. The summed E-state index contributed by atoms with van der Waals surface area (Å²) < 4.78 is 12.8.